The zero-order chi connectivity index (χ0) is 37.1. The fraction of sp³-hybridized carbons (Fsp3) is 0.310. The average molecular weight is 710 g/mol. The number of aliphatic hydroxyl groups is 1. The summed E-state index contributed by atoms with van der Waals surface area (Å²) in [6.45, 7) is 8.24. The number of aromatic nitrogens is 3. The largest absolute Gasteiger partial charge is 0.496 e. The van der Waals surface area contributed by atoms with E-state index in [-0.39, 0.29) is 12.0 Å². The maximum atomic E-state index is 11.5. The molecule has 0 radical (unpaired) electrons. The Kier molecular flexibility index (Phi) is 10.5. The van der Waals surface area contributed by atoms with Crippen molar-refractivity contribution in [2.75, 3.05) is 38.6 Å². The van der Waals surface area contributed by atoms with E-state index in [9.17, 15) is 20.3 Å². The molecule has 2 saturated heterocycles. The number of carbonyl (C=O) groups is 1. The molecular formula is C42H43N7O4. The molecule has 11 heteroatoms. The summed E-state index contributed by atoms with van der Waals surface area (Å²) in [5, 5.41) is 34.2. The zero-order valence-electron chi connectivity index (χ0n) is 30.2. The topological polar surface area (TPSA) is 148 Å². The molecule has 3 aromatic heterocycles. The predicted molar refractivity (Wildman–Crippen MR) is 206 cm³/mol. The number of aryl methyl sites for hydroxylation is 1. The number of fused-ring (bicyclic) bond motifs is 1. The summed E-state index contributed by atoms with van der Waals surface area (Å²) in [5.41, 5.74) is 9.26. The minimum absolute atomic E-state index is 0.262. The highest BCUT2D eigenvalue weighted by atomic mass is 16.5. The van der Waals surface area contributed by atoms with Crippen LogP contribution < -0.4 is 10.1 Å². The van der Waals surface area contributed by atoms with Gasteiger partial charge in [-0.3, -0.25) is 24.6 Å². The number of methoxy groups -OCH3 is 1. The van der Waals surface area contributed by atoms with Gasteiger partial charge in [0, 0.05) is 73.5 Å². The van der Waals surface area contributed by atoms with Gasteiger partial charge in [0.25, 0.3) is 0 Å². The normalized spacial score (nSPS) is 17.8. The number of aliphatic hydroxyl groups excluding tert-OH is 1. The van der Waals surface area contributed by atoms with Gasteiger partial charge in [-0.25, -0.2) is 4.98 Å². The van der Waals surface area contributed by atoms with Crippen molar-refractivity contribution in [3.63, 3.8) is 0 Å². The number of hydrogen-bond acceptors (Lipinski definition) is 10. The van der Waals surface area contributed by atoms with Gasteiger partial charge >= 0.3 is 5.97 Å². The number of pyridine rings is 3. The number of anilines is 2. The summed E-state index contributed by atoms with van der Waals surface area (Å²) in [5.74, 6) is 0.302. The van der Waals surface area contributed by atoms with Crippen molar-refractivity contribution in [3.8, 4) is 23.1 Å². The number of nitrogens with zero attached hydrogens (tertiary/aromatic N) is 6. The van der Waals surface area contributed by atoms with E-state index in [4.69, 9.17) is 9.72 Å². The summed E-state index contributed by atoms with van der Waals surface area (Å²) < 4.78 is 5.76. The number of β-amino-alcohol motifs (C(OH)–C–C–N with tert-alkyl or cyclic N) is 1. The van der Waals surface area contributed by atoms with Gasteiger partial charge in [-0.2, -0.15) is 5.26 Å². The van der Waals surface area contributed by atoms with Crippen LogP contribution in [0.2, 0.25) is 0 Å². The van der Waals surface area contributed by atoms with E-state index in [0.29, 0.717) is 43.1 Å². The molecule has 2 fully saturated rings. The molecule has 53 heavy (non-hydrogen) atoms. The first-order chi connectivity index (χ1) is 25.7. The van der Waals surface area contributed by atoms with Crippen molar-refractivity contribution in [2.24, 2.45) is 5.92 Å². The fourth-order valence-corrected chi connectivity index (χ4v) is 7.44. The number of likely N-dealkylation sites (tertiary alicyclic amines) is 2. The molecule has 5 heterocycles. The first kappa shape index (κ1) is 35.7. The molecule has 11 nitrogen and oxygen atoms in total. The van der Waals surface area contributed by atoms with Crippen LogP contribution in [0.15, 0.2) is 67.1 Å². The zero-order valence-corrected chi connectivity index (χ0v) is 30.2. The molecule has 0 aliphatic carbocycles. The molecule has 2 atom stereocenters. The highest BCUT2D eigenvalue weighted by Crippen LogP contribution is 2.34. The van der Waals surface area contributed by atoms with Crippen LogP contribution in [0.1, 0.15) is 51.8 Å². The molecule has 2 aromatic carbocycles. The first-order valence-electron chi connectivity index (χ1n) is 17.9. The quantitative estimate of drug-likeness (QED) is 0.137. The summed E-state index contributed by atoms with van der Waals surface area (Å²) in [7, 11) is 1.65. The molecule has 3 N–H and O–H groups in total. The van der Waals surface area contributed by atoms with Crippen LogP contribution in [0.5, 0.6) is 5.75 Å². The lowest BCUT2D eigenvalue weighted by Crippen LogP contribution is -2.23. The van der Waals surface area contributed by atoms with Crippen molar-refractivity contribution in [2.45, 2.75) is 45.9 Å². The van der Waals surface area contributed by atoms with Crippen molar-refractivity contribution in [3.05, 3.63) is 106 Å². The molecule has 0 amide bonds. The molecule has 5 aromatic rings. The minimum atomic E-state index is -0.742. The molecular weight excluding hydrogens is 667 g/mol. The van der Waals surface area contributed by atoms with E-state index in [1.54, 1.807) is 19.5 Å². The fourth-order valence-electron chi connectivity index (χ4n) is 7.44. The van der Waals surface area contributed by atoms with E-state index >= 15 is 0 Å². The molecule has 0 unspecified atom stereocenters. The van der Waals surface area contributed by atoms with Gasteiger partial charge < -0.3 is 20.3 Å². The number of benzene rings is 2. The third-order valence-corrected chi connectivity index (χ3v) is 10.4. The number of carboxylic acids is 1. The number of nitrogens with one attached hydrogen (secondary N) is 1. The molecule has 0 bridgehead atoms. The number of hydrogen-bond donors (Lipinski definition) is 3. The first-order valence-corrected chi connectivity index (χ1v) is 17.9. The number of nitriles is 1. The Hall–Kier alpha value is -5.67. The number of rotatable bonds is 11. The Labute approximate surface area is 309 Å². The van der Waals surface area contributed by atoms with Gasteiger partial charge in [-0.1, -0.05) is 30.4 Å². The van der Waals surface area contributed by atoms with Gasteiger partial charge in [0.2, 0.25) is 0 Å². The van der Waals surface area contributed by atoms with E-state index < -0.39 is 5.97 Å². The van der Waals surface area contributed by atoms with Crippen molar-refractivity contribution >= 4 is 40.5 Å². The van der Waals surface area contributed by atoms with E-state index in [0.717, 1.165) is 87.3 Å². The van der Waals surface area contributed by atoms with Crippen molar-refractivity contribution in [1.82, 2.24) is 24.8 Å². The summed E-state index contributed by atoms with van der Waals surface area (Å²) in [6.07, 6.45) is 10.5. The lowest BCUT2D eigenvalue weighted by Gasteiger charge is -2.19. The Morgan fingerprint density at radius 3 is 2.55 bits per heavy atom. The van der Waals surface area contributed by atoms with E-state index in [1.165, 1.54) is 0 Å². The van der Waals surface area contributed by atoms with E-state index in [2.05, 4.69) is 43.3 Å². The van der Waals surface area contributed by atoms with Crippen LogP contribution in [0.3, 0.4) is 0 Å². The monoisotopic (exact) mass is 709 g/mol. The Morgan fingerprint density at radius 2 is 1.79 bits per heavy atom. The second-order valence-electron chi connectivity index (χ2n) is 14.0. The van der Waals surface area contributed by atoms with Crippen molar-refractivity contribution < 1.29 is 19.7 Å². The van der Waals surface area contributed by atoms with Crippen LogP contribution in [0.4, 0.5) is 11.5 Å². The minimum Gasteiger partial charge on any atom is -0.496 e. The van der Waals surface area contributed by atoms with Crippen LogP contribution >= 0.6 is 0 Å². The summed E-state index contributed by atoms with van der Waals surface area (Å²) in [6, 6.07) is 18.3. The second-order valence-corrected chi connectivity index (χ2v) is 14.0. The lowest BCUT2D eigenvalue weighted by atomic mass is 9.96. The highest BCUT2D eigenvalue weighted by molar-refractivity contribution is 5.91. The molecule has 7 rings (SSSR count). The Morgan fingerprint density at radius 1 is 1.00 bits per heavy atom. The Balaban J connectivity index is 1.12. The number of aliphatic carboxylic acids is 1. The predicted octanol–water partition coefficient (Wildman–Crippen LogP) is 6.58. The highest BCUT2D eigenvalue weighted by Gasteiger charge is 2.28. The maximum absolute atomic E-state index is 11.5. The average Bonchev–Trinajstić information content (AvgIpc) is 3.80. The van der Waals surface area contributed by atoms with Gasteiger partial charge in [0.05, 0.1) is 30.4 Å². The maximum Gasteiger partial charge on any atom is 0.307 e. The van der Waals surface area contributed by atoms with Crippen LogP contribution in [-0.2, 0) is 17.9 Å². The molecule has 0 saturated carbocycles. The summed E-state index contributed by atoms with van der Waals surface area (Å²) in [4.78, 5) is 29.9. The lowest BCUT2D eigenvalue weighted by molar-refractivity contribution is -0.141. The molecule has 270 valence electrons. The van der Waals surface area contributed by atoms with Gasteiger partial charge in [0.15, 0.2) is 5.82 Å². The molecule has 0 spiro atoms. The summed E-state index contributed by atoms with van der Waals surface area (Å²) >= 11 is 0. The number of ether oxygens (including phenoxy) is 1. The van der Waals surface area contributed by atoms with Gasteiger partial charge in [-0.05, 0) is 91.4 Å². The van der Waals surface area contributed by atoms with Crippen LogP contribution in [0, 0.1) is 31.1 Å². The van der Waals surface area contributed by atoms with Gasteiger partial charge in [-0.15, -0.1) is 0 Å². The smallest absolute Gasteiger partial charge is 0.307 e. The van der Waals surface area contributed by atoms with Crippen LogP contribution in [0.25, 0.3) is 34.3 Å². The van der Waals surface area contributed by atoms with Crippen molar-refractivity contribution in [1.29, 1.82) is 5.26 Å². The molecule has 2 aliphatic heterocycles. The standard InChI is InChI=1S/C42H43N7O4/c1-26-17-33(24-49-15-11-32(23-49)42(51)52)38(53-3)19-30(26)8-7-29-9-13-44-40(36(29)20-43)35-5-4-6-37(27(35)2)47-41-39-31(10-14-45-41)18-28(21-46-39)22-48-16-12-34(50)25-48/h4-10,13-14,17-19,21,32,34,50H,11-12,15-16,22-25H2,1-3H3,(H,45,47)(H,51,52)/b8-7+/t32-,34-/m1/s1. The third kappa shape index (κ3) is 7.76. The SMILES string of the molecule is COc1cc(/C=C/c2ccnc(-c3cccc(Nc4nccc5cc(CN6CC[C@@H](O)C6)cnc45)c3C)c2C#N)c(C)cc1CN1CC[C@@H](C(=O)O)C1. The van der Waals surface area contributed by atoms with Crippen LogP contribution in [-0.4, -0.2) is 80.3 Å². The number of carboxylic acid groups (broad SMARTS) is 1. The second kappa shape index (κ2) is 15.5. The van der Waals surface area contributed by atoms with E-state index in [1.807, 2.05) is 68.6 Å². The Bertz CT molecular complexity index is 2250. The molecule has 2 aliphatic rings. The third-order valence-electron chi connectivity index (χ3n) is 10.4. The van der Waals surface area contributed by atoms with Gasteiger partial charge in [0.1, 0.15) is 17.3 Å².